The standard InChI is InChI=1S/C19H30N2O/c1-4-21-13-5-6-18(14-21)20-19(22)12-9-16-7-10-17(11-8-16)15(2)3/h7-8,10-11,15,18H,4-6,9,12-14H2,1-3H3,(H,20,22). The van der Waals surface area contributed by atoms with E-state index in [1.54, 1.807) is 0 Å². The van der Waals surface area contributed by atoms with E-state index in [9.17, 15) is 4.79 Å². The molecule has 122 valence electrons. The number of likely N-dealkylation sites (N-methyl/N-ethyl adjacent to an activating group) is 1. The lowest BCUT2D eigenvalue weighted by Gasteiger charge is -2.32. The predicted molar refractivity (Wildman–Crippen MR) is 92.1 cm³/mol. The largest absolute Gasteiger partial charge is 0.352 e. The molecule has 1 N–H and O–H groups in total. The van der Waals surface area contributed by atoms with Gasteiger partial charge in [-0.25, -0.2) is 0 Å². The van der Waals surface area contributed by atoms with Crippen LogP contribution in [0.5, 0.6) is 0 Å². The molecule has 3 nitrogen and oxygen atoms in total. The number of hydrogen-bond donors (Lipinski definition) is 1. The summed E-state index contributed by atoms with van der Waals surface area (Å²) in [7, 11) is 0. The van der Waals surface area contributed by atoms with Crippen LogP contribution in [-0.2, 0) is 11.2 Å². The Bertz CT molecular complexity index is 467. The van der Waals surface area contributed by atoms with Crippen molar-refractivity contribution in [1.29, 1.82) is 0 Å². The highest BCUT2D eigenvalue weighted by Crippen LogP contribution is 2.15. The molecule has 0 aliphatic carbocycles. The summed E-state index contributed by atoms with van der Waals surface area (Å²) in [4.78, 5) is 14.5. The molecule has 1 aliphatic heterocycles. The average molecular weight is 302 g/mol. The summed E-state index contributed by atoms with van der Waals surface area (Å²) in [6, 6.07) is 9.00. The zero-order valence-electron chi connectivity index (χ0n) is 14.3. The molecule has 0 bridgehead atoms. The lowest BCUT2D eigenvalue weighted by molar-refractivity contribution is -0.122. The minimum Gasteiger partial charge on any atom is -0.352 e. The van der Waals surface area contributed by atoms with Crippen LogP contribution in [0, 0.1) is 0 Å². The Hall–Kier alpha value is -1.35. The summed E-state index contributed by atoms with van der Waals surface area (Å²) in [5, 5.41) is 3.20. The van der Waals surface area contributed by atoms with Gasteiger partial charge in [0.05, 0.1) is 0 Å². The Morgan fingerprint density at radius 3 is 2.68 bits per heavy atom. The molecule has 22 heavy (non-hydrogen) atoms. The second-order valence-electron chi connectivity index (χ2n) is 6.70. The monoisotopic (exact) mass is 302 g/mol. The van der Waals surface area contributed by atoms with Gasteiger partial charge in [0, 0.05) is 19.0 Å². The van der Waals surface area contributed by atoms with E-state index in [1.165, 1.54) is 24.1 Å². The molecule has 1 unspecified atom stereocenters. The molecule has 1 amide bonds. The SMILES string of the molecule is CCN1CCCC(NC(=O)CCc2ccc(C(C)C)cc2)C1. The molecule has 1 atom stereocenters. The normalized spacial score (nSPS) is 19.4. The Morgan fingerprint density at radius 2 is 2.05 bits per heavy atom. The fourth-order valence-corrected chi connectivity index (χ4v) is 3.09. The van der Waals surface area contributed by atoms with Crippen LogP contribution in [0.15, 0.2) is 24.3 Å². The molecule has 0 saturated carbocycles. The van der Waals surface area contributed by atoms with Crippen LogP contribution in [0.4, 0.5) is 0 Å². The Labute approximate surface area is 135 Å². The van der Waals surface area contributed by atoms with Crippen LogP contribution in [0.1, 0.15) is 57.1 Å². The zero-order chi connectivity index (χ0) is 15.9. The van der Waals surface area contributed by atoms with Gasteiger partial charge in [0.2, 0.25) is 5.91 Å². The number of carbonyl (C=O) groups excluding carboxylic acids is 1. The first-order chi connectivity index (χ1) is 10.6. The maximum atomic E-state index is 12.1. The van der Waals surface area contributed by atoms with Crippen molar-refractivity contribution < 1.29 is 4.79 Å². The van der Waals surface area contributed by atoms with Gasteiger partial charge in [0.25, 0.3) is 0 Å². The van der Waals surface area contributed by atoms with E-state index in [-0.39, 0.29) is 5.91 Å². The van der Waals surface area contributed by atoms with Gasteiger partial charge in [0.15, 0.2) is 0 Å². The molecule has 1 fully saturated rings. The van der Waals surface area contributed by atoms with Crippen LogP contribution in [0.3, 0.4) is 0 Å². The van der Waals surface area contributed by atoms with Gasteiger partial charge in [-0.1, -0.05) is 45.0 Å². The van der Waals surface area contributed by atoms with Gasteiger partial charge in [0.1, 0.15) is 0 Å². The predicted octanol–water partition coefficient (Wildman–Crippen LogP) is 3.34. The molecule has 0 radical (unpaired) electrons. The van der Waals surface area contributed by atoms with E-state index >= 15 is 0 Å². The van der Waals surface area contributed by atoms with E-state index < -0.39 is 0 Å². The molecule has 1 saturated heterocycles. The van der Waals surface area contributed by atoms with Crippen LogP contribution < -0.4 is 5.32 Å². The first-order valence-corrected chi connectivity index (χ1v) is 8.69. The van der Waals surface area contributed by atoms with Gasteiger partial charge in [-0.15, -0.1) is 0 Å². The van der Waals surface area contributed by atoms with Gasteiger partial charge in [-0.2, -0.15) is 0 Å². The highest BCUT2D eigenvalue weighted by molar-refractivity contribution is 5.76. The molecular weight excluding hydrogens is 272 g/mol. The Morgan fingerprint density at radius 1 is 1.32 bits per heavy atom. The second-order valence-corrected chi connectivity index (χ2v) is 6.70. The fourth-order valence-electron chi connectivity index (χ4n) is 3.09. The zero-order valence-corrected chi connectivity index (χ0v) is 14.3. The number of likely N-dealkylation sites (tertiary alicyclic amines) is 1. The maximum absolute atomic E-state index is 12.1. The van der Waals surface area contributed by atoms with Crippen molar-refractivity contribution >= 4 is 5.91 Å². The van der Waals surface area contributed by atoms with Crippen LogP contribution in [0.2, 0.25) is 0 Å². The summed E-state index contributed by atoms with van der Waals surface area (Å²) < 4.78 is 0. The molecule has 0 aromatic heterocycles. The van der Waals surface area contributed by atoms with Gasteiger partial charge in [-0.3, -0.25) is 4.79 Å². The lowest BCUT2D eigenvalue weighted by Crippen LogP contribution is -2.47. The Balaban J connectivity index is 1.75. The molecule has 3 heteroatoms. The first-order valence-electron chi connectivity index (χ1n) is 8.69. The fraction of sp³-hybridized carbons (Fsp3) is 0.632. The second kappa shape index (κ2) is 8.33. The van der Waals surface area contributed by atoms with E-state index in [0.29, 0.717) is 18.4 Å². The average Bonchev–Trinajstić information content (AvgIpc) is 2.53. The summed E-state index contributed by atoms with van der Waals surface area (Å²) in [5.41, 5.74) is 2.61. The number of nitrogens with one attached hydrogen (secondary N) is 1. The molecule has 0 spiro atoms. The van der Waals surface area contributed by atoms with E-state index in [1.807, 2.05) is 0 Å². The topological polar surface area (TPSA) is 32.3 Å². The Kier molecular flexibility index (Phi) is 6.44. The van der Waals surface area contributed by atoms with E-state index in [2.05, 4.69) is 55.3 Å². The van der Waals surface area contributed by atoms with E-state index in [0.717, 1.165) is 25.9 Å². The summed E-state index contributed by atoms with van der Waals surface area (Å²) >= 11 is 0. The molecule has 2 rings (SSSR count). The quantitative estimate of drug-likeness (QED) is 0.874. The number of carbonyl (C=O) groups is 1. The first kappa shape index (κ1) is 17.0. The van der Waals surface area contributed by atoms with Crippen molar-refractivity contribution in [2.75, 3.05) is 19.6 Å². The summed E-state index contributed by atoms with van der Waals surface area (Å²) in [6.45, 7) is 9.84. The molecule has 1 aliphatic rings. The minimum atomic E-state index is 0.191. The third-order valence-electron chi connectivity index (χ3n) is 4.60. The third kappa shape index (κ3) is 5.13. The van der Waals surface area contributed by atoms with Gasteiger partial charge < -0.3 is 10.2 Å². The number of hydrogen-bond acceptors (Lipinski definition) is 2. The molecule has 1 aromatic carbocycles. The van der Waals surface area contributed by atoms with Gasteiger partial charge in [-0.05, 0) is 49.4 Å². The molecule has 1 aromatic rings. The van der Waals surface area contributed by atoms with Crippen molar-refractivity contribution in [2.45, 2.75) is 58.4 Å². The number of piperidine rings is 1. The van der Waals surface area contributed by atoms with Crippen molar-refractivity contribution in [3.63, 3.8) is 0 Å². The highest BCUT2D eigenvalue weighted by atomic mass is 16.1. The van der Waals surface area contributed by atoms with Crippen LogP contribution in [0.25, 0.3) is 0 Å². The van der Waals surface area contributed by atoms with Crippen molar-refractivity contribution in [2.24, 2.45) is 0 Å². The maximum Gasteiger partial charge on any atom is 0.220 e. The lowest BCUT2D eigenvalue weighted by atomic mass is 10.00. The van der Waals surface area contributed by atoms with Gasteiger partial charge >= 0.3 is 0 Å². The van der Waals surface area contributed by atoms with Crippen molar-refractivity contribution in [3.8, 4) is 0 Å². The van der Waals surface area contributed by atoms with Crippen molar-refractivity contribution in [1.82, 2.24) is 10.2 Å². The third-order valence-corrected chi connectivity index (χ3v) is 4.60. The van der Waals surface area contributed by atoms with E-state index in [4.69, 9.17) is 0 Å². The summed E-state index contributed by atoms with van der Waals surface area (Å²) in [5.74, 6) is 0.751. The van der Waals surface area contributed by atoms with Crippen molar-refractivity contribution in [3.05, 3.63) is 35.4 Å². The number of benzene rings is 1. The molecule has 1 heterocycles. The van der Waals surface area contributed by atoms with Crippen LogP contribution in [-0.4, -0.2) is 36.5 Å². The van der Waals surface area contributed by atoms with Crippen LogP contribution >= 0.6 is 0 Å². The number of amides is 1. The molecular formula is C19H30N2O. The number of aryl methyl sites for hydroxylation is 1. The smallest absolute Gasteiger partial charge is 0.220 e. The number of nitrogens with zero attached hydrogens (tertiary/aromatic N) is 1. The number of rotatable bonds is 6. The summed E-state index contributed by atoms with van der Waals surface area (Å²) in [6.07, 6.45) is 3.72. The minimum absolute atomic E-state index is 0.191. The highest BCUT2D eigenvalue weighted by Gasteiger charge is 2.19.